The zero-order valence-corrected chi connectivity index (χ0v) is 17.8. The lowest BCUT2D eigenvalue weighted by Crippen LogP contribution is -2.42. The molecule has 7 heteroatoms. The van der Waals surface area contributed by atoms with Crippen LogP contribution in [0.1, 0.15) is 35.0 Å². The predicted molar refractivity (Wildman–Crippen MR) is 118 cm³/mol. The minimum absolute atomic E-state index is 0.272. The molecule has 1 N–H and O–H groups in total. The van der Waals surface area contributed by atoms with E-state index in [0.717, 1.165) is 42.0 Å². The lowest BCUT2D eigenvalue weighted by atomic mass is 10.0. The first-order valence-electron chi connectivity index (χ1n) is 10.4. The van der Waals surface area contributed by atoms with E-state index in [0.29, 0.717) is 18.8 Å². The Bertz CT molecular complexity index is 1050. The minimum atomic E-state index is -0.272. The van der Waals surface area contributed by atoms with E-state index in [9.17, 15) is 4.79 Å². The van der Waals surface area contributed by atoms with Crippen LogP contribution in [-0.4, -0.2) is 41.1 Å². The van der Waals surface area contributed by atoms with Gasteiger partial charge in [-0.1, -0.05) is 6.07 Å². The Kier molecular flexibility index (Phi) is 6.43. The fraction of sp³-hybridized carbons (Fsp3) is 0.292. The quantitative estimate of drug-likeness (QED) is 0.659. The third kappa shape index (κ3) is 5.00. The Balaban J connectivity index is 1.47. The van der Waals surface area contributed by atoms with E-state index < -0.39 is 0 Å². The maximum absolute atomic E-state index is 12.9. The van der Waals surface area contributed by atoms with Gasteiger partial charge in [0.2, 0.25) is 0 Å². The summed E-state index contributed by atoms with van der Waals surface area (Å²) in [5, 5.41) is 1.93. The number of carbonyl (C=O) groups is 1. The molecule has 0 fully saturated rings. The van der Waals surface area contributed by atoms with E-state index >= 15 is 0 Å². The summed E-state index contributed by atoms with van der Waals surface area (Å²) < 4.78 is 10.8. The van der Waals surface area contributed by atoms with Gasteiger partial charge in [0.05, 0.1) is 31.8 Å². The number of aryl methyl sites for hydroxylation is 1. The summed E-state index contributed by atoms with van der Waals surface area (Å²) in [6.45, 7) is 3.93. The van der Waals surface area contributed by atoms with Crippen LogP contribution in [0.5, 0.6) is 11.5 Å². The normalized spacial score (nSPS) is 13.7. The van der Waals surface area contributed by atoms with Crippen LogP contribution in [0.4, 0.5) is 0 Å². The number of methoxy groups -OCH3 is 1. The molecule has 2 heterocycles. The smallest absolute Gasteiger partial charge is 0.285 e. The fourth-order valence-electron chi connectivity index (χ4n) is 3.66. The maximum atomic E-state index is 12.9. The number of carbonyl (C=O) groups excluding carboxylic acids is 1. The molecule has 3 aromatic rings. The molecular formula is C24H26N4O3. The molecule has 0 atom stereocenters. The van der Waals surface area contributed by atoms with Gasteiger partial charge in [0, 0.05) is 18.7 Å². The summed E-state index contributed by atoms with van der Waals surface area (Å²) in [6.07, 6.45) is 5.07. The first kappa shape index (κ1) is 20.8. The van der Waals surface area contributed by atoms with Crippen LogP contribution in [0.25, 0.3) is 11.3 Å². The number of hydrazine groups is 1. The standard InChI is InChI=1S/C24H26N4O3/c1-3-31-20-9-7-18(8-10-20)22-14-25-15-23(26-22)24(29)27-28-12-4-5-17-6-11-21(30-2)13-19(17)16-28/h6-11,13-15H,3-5,12,16H2,1-2H3,(H,27,29). The van der Waals surface area contributed by atoms with Crippen molar-refractivity contribution < 1.29 is 14.3 Å². The van der Waals surface area contributed by atoms with E-state index in [4.69, 9.17) is 9.47 Å². The van der Waals surface area contributed by atoms with E-state index in [2.05, 4.69) is 21.5 Å². The molecule has 31 heavy (non-hydrogen) atoms. The second kappa shape index (κ2) is 9.57. The molecule has 0 saturated heterocycles. The number of fused-ring (bicyclic) bond motifs is 1. The molecule has 1 aromatic heterocycles. The van der Waals surface area contributed by atoms with Gasteiger partial charge in [-0.05, 0) is 67.3 Å². The van der Waals surface area contributed by atoms with Crippen LogP contribution < -0.4 is 14.9 Å². The largest absolute Gasteiger partial charge is 0.497 e. The summed E-state index contributed by atoms with van der Waals surface area (Å²) in [4.78, 5) is 21.6. The van der Waals surface area contributed by atoms with Crippen molar-refractivity contribution in [3.8, 4) is 22.8 Å². The molecule has 1 aliphatic heterocycles. The number of aromatic nitrogens is 2. The van der Waals surface area contributed by atoms with Crippen LogP contribution in [0, 0.1) is 0 Å². The van der Waals surface area contributed by atoms with Crippen LogP contribution in [-0.2, 0) is 13.0 Å². The fourth-order valence-corrected chi connectivity index (χ4v) is 3.66. The van der Waals surface area contributed by atoms with Crippen molar-refractivity contribution in [3.63, 3.8) is 0 Å². The maximum Gasteiger partial charge on any atom is 0.285 e. The molecule has 0 radical (unpaired) electrons. The summed E-state index contributed by atoms with van der Waals surface area (Å²) >= 11 is 0. The Morgan fingerprint density at radius 2 is 1.90 bits per heavy atom. The van der Waals surface area contributed by atoms with Gasteiger partial charge in [0.1, 0.15) is 17.2 Å². The summed E-state index contributed by atoms with van der Waals surface area (Å²) in [5.41, 5.74) is 7.23. The second-order valence-electron chi connectivity index (χ2n) is 7.35. The van der Waals surface area contributed by atoms with Gasteiger partial charge in [-0.25, -0.2) is 9.99 Å². The average molecular weight is 418 g/mol. The lowest BCUT2D eigenvalue weighted by molar-refractivity contribution is 0.0771. The van der Waals surface area contributed by atoms with E-state index in [1.54, 1.807) is 13.3 Å². The van der Waals surface area contributed by atoms with Gasteiger partial charge < -0.3 is 9.47 Å². The van der Waals surface area contributed by atoms with Crippen molar-refractivity contribution in [1.82, 2.24) is 20.4 Å². The van der Waals surface area contributed by atoms with Crippen molar-refractivity contribution in [2.45, 2.75) is 26.3 Å². The highest BCUT2D eigenvalue weighted by Crippen LogP contribution is 2.23. The zero-order valence-electron chi connectivity index (χ0n) is 17.8. The Morgan fingerprint density at radius 3 is 2.68 bits per heavy atom. The van der Waals surface area contributed by atoms with Crippen molar-refractivity contribution in [1.29, 1.82) is 0 Å². The molecular weight excluding hydrogens is 392 g/mol. The van der Waals surface area contributed by atoms with Crippen molar-refractivity contribution in [3.05, 3.63) is 71.7 Å². The topological polar surface area (TPSA) is 76.6 Å². The second-order valence-corrected chi connectivity index (χ2v) is 7.35. The highest BCUT2D eigenvalue weighted by atomic mass is 16.5. The number of nitrogens with zero attached hydrogens (tertiary/aromatic N) is 3. The molecule has 1 amide bonds. The van der Waals surface area contributed by atoms with Gasteiger partial charge in [0.15, 0.2) is 0 Å². The van der Waals surface area contributed by atoms with Gasteiger partial charge >= 0.3 is 0 Å². The van der Waals surface area contributed by atoms with E-state index in [-0.39, 0.29) is 11.6 Å². The van der Waals surface area contributed by atoms with E-state index in [1.165, 1.54) is 11.8 Å². The number of benzene rings is 2. The monoisotopic (exact) mass is 418 g/mol. The van der Waals surface area contributed by atoms with Crippen LogP contribution >= 0.6 is 0 Å². The first-order valence-corrected chi connectivity index (χ1v) is 10.4. The molecule has 0 aliphatic carbocycles. The summed E-state index contributed by atoms with van der Waals surface area (Å²) in [6, 6.07) is 13.7. The predicted octanol–water partition coefficient (Wildman–Crippen LogP) is 3.64. The number of ether oxygens (including phenoxy) is 2. The van der Waals surface area contributed by atoms with Crippen LogP contribution in [0.15, 0.2) is 54.9 Å². The minimum Gasteiger partial charge on any atom is -0.497 e. The molecule has 0 unspecified atom stereocenters. The van der Waals surface area contributed by atoms with Gasteiger partial charge in [-0.15, -0.1) is 0 Å². The number of rotatable bonds is 6. The number of hydrogen-bond donors (Lipinski definition) is 1. The Morgan fingerprint density at radius 1 is 1.10 bits per heavy atom. The number of amides is 1. The van der Waals surface area contributed by atoms with Crippen molar-refractivity contribution in [2.24, 2.45) is 0 Å². The first-order chi connectivity index (χ1) is 15.2. The highest BCUT2D eigenvalue weighted by Gasteiger charge is 2.19. The molecule has 7 nitrogen and oxygen atoms in total. The molecule has 0 bridgehead atoms. The number of nitrogens with one attached hydrogen (secondary N) is 1. The van der Waals surface area contributed by atoms with Gasteiger partial charge in [-0.2, -0.15) is 0 Å². The molecule has 2 aromatic carbocycles. The molecule has 0 spiro atoms. The highest BCUT2D eigenvalue weighted by molar-refractivity contribution is 5.92. The van der Waals surface area contributed by atoms with Crippen molar-refractivity contribution in [2.75, 3.05) is 20.3 Å². The molecule has 160 valence electrons. The Labute approximate surface area is 182 Å². The van der Waals surface area contributed by atoms with Crippen LogP contribution in [0.2, 0.25) is 0 Å². The molecule has 0 saturated carbocycles. The van der Waals surface area contributed by atoms with Crippen LogP contribution in [0.3, 0.4) is 0 Å². The zero-order chi connectivity index (χ0) is 21.6. The Hall–Kier alpha value is -3.45. The molecule has 1 aliphatic rings. The average Bonchev–Trinajstić information content (AvgIpc) is 3.00. The summed E-state index contributed by atoms with van der Waals surface area (Å²) in [5.74, 6) is 1.35. The van der Waals surface area contributed by atoms with Crippen molar-refractivity contribution >= 4 is 5.91 Å². The van der Waals surface area contributed by atoms with E-state index in [1.807, 2.05) is 48.3 Å². The lowest BCUT2D eigenvalue weighted by Gasteiger charge is -2.21. The summed E-state index contributed by atoms with van der Waals surface area (Å²) in [7, 11) is 1.66. The van der Waals surface area contributed by atoms with Gasteiger partial charge in [-0.3, -0.25) is 15.2 Å². The SMILES string of the molecule is CCOc1ccc(-c2cncc(C(=O)NN3CCCc4ccc(OC)cc4C3)n2)cc1. The number of hydrogen-bond acceptors (Lipinski definition) is 6. The molecule has 4 rings (SSSR count). The third-order valence-electron chi connectivity index (χ3n) is 5.24. The third-order valence-corrected chi connectivity index (χ3v) is 5.24. The van der Waals surface area contributed by atoms with Gasteiger partial charge in [0.25, 0.3) is 5.91 Å².